The van der Waals surface area contributed by atoms with E-state index >= 15 is 0 Å². The van der Waals surface area contributed by atoms with Gasteiger partial charge < -0.3 is 14.6 Å². The summed E-state index contributed by atoms with van der Waals surface area (Å²) in [6, 6.07) is 2.47. The van der Waals surface area contributed by atoms with Crippen LogP contribution >= 0.6 is 0 Å². The van der Waals surface area contributed by atoms with Crippen LogP contribution in [0.2, 0.25) is 0 Å². The molecule has 196 valence electrons. The molecule has 0 amide bonds. The number of aryl methyl sites for hydroxylation is 2. The van der Waals surface area contributed by atoms with Crippen LogP contribution in [0.1, 0.15) is 67.9 Å². The molecule has 4 rings (SSSR count). The van der Waals surface area contributed by atoms with Crippen LogP contribution in [-0.4, -0.2) is 65.8 Å². The van der Waals surface area contributed by atoms with Crippen molar-refractivity contribution in [3.8, 4) is 17.1 Å². The zero-order valence-electron chi connectivity index (χ0n) is 31.9. The normalized spacial score (nSPS) is 23.6. The summed E-state index contributed by atoms with van der Waals surface area (Å²) in [5, 5.41) is 3.92. The van der Waals surface area contributed by atoms with Gasteiger partial charge in [0.25, 0.3) is 5.56 Å². The zero-order chi connectivity index (χ0) is 36.3. The fourth-order valence-corrected chi connectivity index (χ4v) is 4.93. The molecule has 0 aliphatic carbocycles. The number of ether oxygens (including phenoxy) is 1. The van der Waals surface area contributed by atoms with Gasteiger partial charge in [0.05, 0.1) is 22.8 Å². The van der Waals surface area contributed by atoms with Gasteiger partial charge in [-0.15, -0.1) is 0 Å². The molecule has 0 bridgehead atoms. The molecule has 10 nitrogen and oxygen atoms in total. The van der Waals surface area contributed by atoms with E-state index in [-0.39, 0.29) is 42.2 Å². The molecule has 1 aliphatic heterocycles. The molecule has 1 aromatic carbocycles. The highest BCUT2D eigenvalue weighted by Gasteiger charge is 2.23. The fraction of sp³-hybridized carbons (Fsp3) is 0.560. The molecule has 1 atom stereocenters. The summed E-state index contributed by atoms with van der Waals surface area (Å²) in [5.41, 5.74) is -2.51. The molecular formula is C25H36N6O4S. The summed E-state index contributed by atoms with van der Waals surface area (Å²) >= 11 is 0. The predicted molar refractivity (Wildman–Crippen MR) is 140 cm³/mol. The molecule has 0 radical (unpaired) electrons. The Hall–Kier alpha value is -2.76. The number of hydrogen-bond acceptors (Lipinski definition) is 7. The Morgan fingerprint density at radius 3 is 3.03 bits per heavy atom. The van der Waals surface area contributed by atoms with Crippen molar-refractivity contribution in [2.45, 2.75) is 63.1 Å². The summed E-state index contributed by atoms with van der Waals surface area (Å²) in [4.78, 5) is 20.7. The number of aromatic amines is 1. The average molecular weight is 529 g/mol. The van der Waals surface area contributed by atoms with Crippen molar-refractivity contribution >= 4 is 21.1 Å². The largest absolute Gasteiger partial charge is 0.493 e. The second kappa shape index (κ2) is 11.1. The lowest BCUT2D eigenvalue weighted by Gasteiger charge is -2.19. The summed E-state index contributed by atoms with van der Waals surface area (Å²) in [6.45, 7) is -4.65. The number of rotatable bonds is 11. The maximum Gasteiger partial charge on any atom is 0.277 e. The van der Waals surface area contributed by atoms with E-state index in [0.717, 1.165) is 15.6 Å². The molecule has 2 aromatic heterocycles. The van der Waals surface area contributed by atoms with E-state index in [1.807, 2.05) is 6.92 Å². The quantitative estimate of drug-likeness (QED) is 0.392. The number of nitrogens with zero attached hydrogens (tertiary/aromatic N) is 4. The van der Waals surface area contributed by atoms with Gasteiger partial charge in [-0.3, -0.25) is 9.48 Å². The van der Waals surface area contributed by atoms with Gasteiger partial charge in [-0.2, -0.15) is 5.10 Å². The molecule has 3 heterocycles. The minimum Gasteiger partial charge on any atom is -0.493 e. The highest BCUT2D eigenvalue weighted by Crippen LogP contribution is 2.31. The van der Waals surface area contributed by atoms with Gasteiger partial charge in [-0.05, 0) is 63.7 Å². The Morgan fingerprint density at radius 1 is 1.39 bits per heavy atom. The summed E-state index contributed by atoms with van der Waals surface area (Å²) in [6.07, 6.45) is -7.84. The van der Waals surface area contributed by atoms with Crippen molar-refractivity contribution in [3.63, 3.8) is 0 Å². The third-order valence-corrected chi connectivity index (χ3v) is 7.10. The van der Waals surface area contributed by atoms with Crippen LogP contribution in [0, 0.1) is 0 Å². The van der Waals surface area contributed by atoms with Crippen LogP contribution in [0.25, 0.3) is 22.4 Å². The van der Waals surface area contributed by atoms with E-state index in [4.69, 9.17) is 21.2 Å². The van der Waals surface area contributed by atoms with Crippen molar-refractivity contribution in [2.75, 3.05) is 26.7 Å². The number of H-pyrrole nitrogens is 1. The number of aromatic nitrogens is 4. The van der Waals surface area contributed by atoms with Gasteiger partial charge in [-0.1, -0.05) is 20.1 Å². The van der Waals surface area contributed by atoms with Gasteiger partial charge in [0.1, 0.15) is 17.1 Å². The van der Waals surface area contributed by atoms with Crippen molar-refractivity contribution < 1.29 is 29.6 Å². The van der Waals surface area contributed by atoms with Crippen molar-refractivity contribution in [1.82, 2.24) is 29.4 Å². The first-order valence-electron chi connectivity index (χ1n) is 17.4. The maximum absolute atomic E-state index is 13.5. The second-order valence-electron chi connectivity index (χ2n) is 8.22. The lowest BCUT2D eigenvalue weighted by atomic mass is 10.1. The summed E-state index contributed by atoms with van der Waals surface area (Å²) < 4.78 is 132. The van der Waals surface area contributed by atoms with Gasteiger partial charge >= 0.3 is 0 Å². The number of benzene rings is 1. The Balaban J connectivity index is 1.80. The summed E-state index contributed by atoms with van der Waals surface area (Å²) in [7, 11) is -3.21. The monoisotopic (exact) mass is 528 g/mol. The topological polar surface area (TPSA) is 122 Å². The third kappa shape index (κ3) is 5.47. The SMILES string of the molecule is [2H]C([2H])(CNS(=O)(=O)c1ccc(OCCC)c(-c2nc3c(C([2H])([2H])C([2H])([2H])C([2H])([2H])[2H])nn(C)c3c(=O)[nH]2)c1)C1CCCN1C([2H])([2H])[2H]. The molecule has 36 heavy (non-hydrogen) atoms. The smallest absolute Gasteiger partial charge is 0.277 e. The lowest BCUT2D eigenvalue weighted by molar-refractivity contribution is 0.297. The Bertz CT molecular complexity index is 1840. The van der Waals surface area contributed by atoms with Crippen molar-refractivity contribution in [3.05, 3.63) is 34.2 Å². The van der Waals surface area contributed by atoms with Crippen LogP contribution in [-0.2, 0) is 23.4 Å². The minimum atomic E-state index is -4.47. The predicted octanol–water partition coefficient (Wildman–Crippen LogP) is 2.83. The van der Waals surface area contributed by atoms with E-state index in [1.54, 1.807) is 0 Å². The number of sulfonamides is 1. The van der Waals surface area contributed by atoms with Crippen molar-refractivity contribution in [1.29, 1.82) is 0 Å². The molecule has 0 spiro atoms. The zero-order valence-corrected chi connectivity index (χ0v) is 20.7. The lowest BCUT2D eigenvalue weighted by Crippen LogP contribution is -2.31. The van der Waals surface area contributed by atoms with Crippen LogP contribution in [0.4, 0.5) is 0 Å². The van der Waals surface area contributed by atoms with E-state index < -0.39 is 77.2 Å². The van der Waals surface area contributed by atoms with Gasteiger partial charge in [0, 0.05) is 36.1 Å². The molecule has 1 fully saturated rings. The van der Waals surface area contributed by atoms with Crippen LogP contribution < -0.4 is 15.0 Å². The van der Waals surface area contributed by atoms with E-state index in [9.17, 15) is 13.2 Å². The van der Waals surface area contributed by atoms with E-state index in [1.165, 1.54) is 19.2 Å². The molecule has 0 saturated carbocycles. The Labute approximate surface area is 229 Å². The Kier molecular flexibility index (Phi) is 4.58. The van der Waals surface area contributed by atoms with E-state index in [0.29, 0.717) is 12.8 Å². The first kappa shape index (κ1) is 14.8. The number of fused-ring (bicyclic) bond motifs is 1. The van der Waals surface area contributed by atoms with Crippen LogP contribution in [0.15, 0.2) is 27.9 Å². The average Bonchev–Trinajstić information content (AvgIpc) is 3.61. The molecule has 1 saturated heterocycles. The highest BCUT2D eigenvalue weighted by atomic mass is 32.2. The van der Waals surface area contributed by atoms with Crippen LogP contribution in [0.3, 0.4) is 0 Å². The van der Waals surface area contributed by atoms with Gasteiger partial charge in [0.15, 0.2) is 5.52 Å². The molecule has 11 heteroatoms. The Morgan fingerprint density at radius 2 is 2.25 bits per heavy atom. The minimum absolute atomic E-state index is 0.0548. The summed E-state index contributed by atoms with van der Waals surface area (Å²) in [5.74, 6) is -0.274. The van der Waals surface area contributed by atoms with Gasteiger partial charge in [-0.25, -0.2) is 18.1 Å². The standard InChI is InChI=1S/C25H36N6O4S/c1-5-8-20-22-23(31(4)29-20)25(32)28-24(27-22)19-16-18(10-11-21(19)35-15-6-2)36(33,34)26-13-12-17-9-7-14-30(17)3/h10-11,16-17,26H,5-9,12-15H2,1-4H3,(H,27,28,32)/i1D3,3D3,5D2,8D2,12D2. The molecule has 2 N–H and O–H groups in total. The molecular weight excluding hydrogens is 480 g/mol. The fourth-order valence-electron chi connectivity index (χ4n) is 3.97. The highest BCUT2D eigenvalue weighted by molar-refractivity contribution is 7.89. The van der Waals surface area contributed by atoms with Crippen molar-refractivity contribution in [2.24, 2.45) is 7.05 Å². The molecule has 1 aliphatic rings. The van der Waals surface area contributed by atoms with E-state index in [2.05, 4.69) is 19.8 Å². The molecule has 3 aromatic rings. The number of likely N-dealkylation sites (tertiary alicyclic amines) is 1. The number of nitrogens with one attached hydrogen (secondary N) is 2. The third-order valence-electron chi connectivity index (χ3n) is 5.70. The first-order chi connectivity index (χ1) is 21.9. The molecule has 1 unspecified atom stereocenters. The van der Waals surface area contributed by atoms with Crippen LogP contribution in [0.5, 0.6) is 5.75 Å². The van der Waals surface area contributed by atoms with Gasteiger partial charge in [0.2, 0.25) is 10.0 Å². The first-order valence-corrected chi connectivity index (χ1v) is 12.9. The second-order valence-corrected chi connectivity index (χ2v) is 9.99. The maximum atomic E-state index is 13.5. The number of hydrogen-bond donors (Lipinski definition) is 2.